The lowest BCUT2D eigenvalue weighted by molar-refractivity contribution is -0.152. The van der Waals surface area contributed by atoms with Crippen molar-refractivity contribution < 1.29 is 23.9 Å². The van der Waals surface area contributed by atoms with Gasteiger partial charge in [0, 0.05) is 12.7 Å². The van der Waals surface area contributed by atoms with Crippen molar-refractivity contribution in [3.8, 4) is 5.75 Å². The third kappa shape index (κ3) is 8.04. The first-order valence-corrected chi connectivity index (χ1v) is 9.29. The number of hydrogen-bond acceptors (Lipinski definition) is 5. The number of nitrogens with one attached hydrogen (secondary N) is 1. The van der Waals surface area contributed by atoms with E-state index in [1.807, 2.05) is 50.2 Å². The maximum Gasteiger partial charge on any atom is 0.309 e. The van der Waals surface area contributed by atoms with Gasteiger partial charge in [-0.1, -0.05) is 35.4 Å². The highest BCUT2D eigenvalue weighted by Crippen LogP contribution is 2.11. The fourth-order valence-corrected chi connectivity index (χ4v) is 2.35. The number of aryl methyl sites for hydroxylation is 2. The van der Waals surface area contributed by atoms with Crippen LogP contribution in [0.25, 0.3) is 0 Å². The third-order valence-electron chi connectivity index (χ3n) is 4.09. The second-order valence-electron chi connectivity index (χ2n) is 6.74. The highest BCUT2D eigenvalue weighted by molar-refractivity contribution is 5.94. The molecular formula is C22H26N2O5. The van der Waals surface area contributed by atoms with Gasteiger partial charge < -0.3 is 19.7 Å². The molecule has 0 bridgehead atoms. The summed E-state index contributed by atoms with van der Waals surface area (Å²) in [5, 5.41) is 2.71. The summed E-state index contributed by atoms with van der Waals surface area (Å²) < 4.78 is 10.4. The van der Waals surface area contributed by atoms with E-state index in [0.29, 0.717) is 11.4 Å². The number of carbonyl (C=O) groups excluding carboxylic acids is 3. The molecule has 0 fully saturated rings. The first kappa shape index (κ1) is 21.9. The fraction of sp³-hybridized carbons (Fsp3) is 0.318. The zero-order valence-electron chi connectivity index (χ0n) is 16.9. The number of rotatable bonds is 9. The van der Waals surface area contributed by atoms with Crippen molar-refractivity contribution in [2.24, 2.45) is 0 Å². The smallest absolute Gasteiger partial charge is 0.309 e. The Kier molecular flexibility index (Phi) is 8.21. The van der Waals surface area contributed by atoms with Crippen molar-refractivity contribution in [3.63, 3.8) is 0 Å². The molecule has 7 nitrogen and oxygen atoms in total. The Morgan fingerprint density at radius 3 is 2.14 bits per heavy atom. The Morgan fingerprint density at radius 2 is 1.52 bits per heavy atom. The Hall–Kier alpha value is -3.35. The van der Waals surface area contributed by atoms with Gasteiger partial charge in [0.2, 0.25) is 5.91 Å². The molecule has 0 saturated heterocycles. The van der Waals surface area contributed by atoms with Crippen LogP contribution in [0.3, 0.4) is 0 Å². The van der Waals surface area contributed by atoms with E-state index in [-0.39, 0.29) is 25.5 Å². The van der Waals surface area contributed by atoms with Crippen molar-refractivity contribution in [1.82, 2.24) is 4.90 Å². The normalized spacial score (nSPS) is 10.2. The van der Waals surface area contributed by atoms with Crippen LogP contribution in [0.4, 0.5) is 5.69 Å². The predicted molar refractivity (Wildman–Crippen MR) is 110 cm³/mol. The topological polar surface area (TPSA) is 84.9 Å². The van der Waals surface area contributed by atoms with Crippen LogP contribution in [0.5, 0.6) is 5.75 Å². The monoisotopic (exact) mass is 398 g/mol. The predicted octanol–water partition coefficient (Wildman–Crippen LogP) is 2.71. The van der Waals surface area contributed by atoms with Gasteiger partial charge in [-0.05, 0) is 38.1 Å². The third-order valence-corrected chi connectivity index (χ3v) is 4.09. The number of likely N-dealkylation sites (N-methyl/N-ethyl adjacent to an activating group) is 1. The number of anilines is 1. The van der Waals surface area contributed by atoms with E-state index >= 15 is 0 Å². The molecule has 2 aromatic rings. The van der Waals surface area contributed by atoms with E-state index in [9.17, 15) is 14.4 Å². The maximum atomic E-state index is 12.0. The second-order valence-corrected chi connectivity index (χ2v) is 6.74. The first-order valence-electron chi connectivity index (χ1n) is 9.29. The van der Waals surface area contributed by atoms with Crippen molar-refractivity contribution >= 4 is 23.5 Å². The lowest BCUT2D eigenvalue weighted by atomic mass is 10.2. The van der Waals surface area contributed by atoms with Crippen LogP contribution >= 0.6 is 0 Å². The van der Waals surface area contributed by atoms with Gasteiger partial charge in [-0.15, -0.1) is 0 Å². The summed E-state index contributed by atoms with van der Waals surface area (Å²) in [5.41, 5.74) is 2.86. The number of ether oxygens (including phenoxy) is 2. The fourth-order valence-electron chi connectivity index (χ4n) is 2.35. The zero-order chi connectivity index (χ0) is 21.2. The van der Waals surface area contributed by atoms with Crippen molar-refractivity contribution in [1.29, 1.82) is 0 Å². The second kappa shape index (κ2) is 10.8. The highest BCUT2D eigenvalue weighted by Gasteiger charge is 2.15. The number of hydrogen-bond donors (Lipinski definition) is 1. The Morgan fingerprint density at radius 1 is 0.931 bits per heavy atom. The summed E-state index contributed by atoms with van der Waals surface area (Å²) in [6.07, 6.45) is 0.0266. The minimum Gasteiger partial charge on any atom is -0.493 e. The molecule has 1 N–H and O–H groups in total. The molecule has 2 amide bonds. The summed E-state index contributed by atoms with van der Waals surface area (Å²) in [6.45, 7) is 3.53. The van der Waals surface area contributed by atoms with E-state index < -0.39 is 18.5 Å². The number of benzene rings is 2. The molecule has 0 aromatic heterocycles. The highest BCUT2D eigenvalue weighted by atomic mass is 16.5. The summed E-state index contributed by atoms with van der Waals surface area (Å²) in [5.74, 6) is -0.666. The lowest BCUT2D eigenvalue weighted by Crippen LogP contribution is -2.37. The molecule has 0 radical (unpaired) electrons. The summed E-state index contributed by atoms with van der Waals surface area (Å²) in [7, 11) is 1.48. The number of amides is 2. The Balaban J connectivity index is 1.65. The van der Waals surface area contributed by atoms with Crippen molar-refractivity contribution in [2.75, 3.05) is 32.1 Å². The van der Waals surface area contributed by atoms with Gasteiger partial charge in [0.05, 0.1) is 19.6 Å². The molecule has 0 saturated carbocycles. The van der Waals surface area contributed by atoms with E-state index in [2.05, 4.69) is 5.32 Å². The average molecular weight is 398 g/mol. The molecule has 0 spiro atoms. The molecule has 2 rings (SSSR count). The molecule has 0 atom stereocenters. The van der Waals surface area contributed by atoms with Crippen LogP contribution in [0.2, 0.25) is 0 Å². The van der Waals surface area contributed by atoms with E-state index in [0.717, 1.165) is 11.1 Å². The van der Waals surface area contributed by atoms with Gasteiger partial charge >= 0.3 is 5.97 Å². The lowest BCUT2D eigenvalue weighted by Gasteiger charge is -2.17. The van der Waals surface area contributed by atoms with Crippen LogP contribution < -0.4 is 10.1 Å². The minimum atomic E-state index is -0.539. The van der Waals surface area contributed by atoms with E-state index in [4.69, 9.17) is 9.47 Å². The number of carbonyl (C=O) groups is 3. The average Bonchev–Trinajstić information content (AvgIpc) is 2.69. The molecule has 29 heavy (non-hydrogen) atoms. The largest absolute Gasteiger partial charge is 0.493 e. The molecule has 7 heteroatoms. The summed E-state index contributed by atoms with van der Waals surface area (Å²) in [4.78, 5) is 37.0. The summed E-state index contributed by atoms with van der Waals surface area (Å²) in [6, 6.07) is 14.8. The first-order chi connectivity index (χ1) is 13.8. The van der Waals surface area contributed by atoms with Crippen LogP contribution in [0.1, 0.15) is 17.5 Å². The van der Waals surface area contributed by atoms with Crippen LogP contribution in [0, 0.1) is 13.8 Å². The van der Waals surface area contributed by atoms with Gasteiger partial charge in [0.25, 0.3) is 5.91 Å². The quantitative estimate of drug-likeness (QED) is 0.657. The standard InChI is InChI=1S/C22H26N2O5/c1-16-4-8-18(9-5-16)23-20(25)14-24(3)21(26)15-29-22(27)12-13-28-19-10-6-17(2)7-11-19/h4-11H,12-15H2,1-3H3,(H,23,25). The molecule has 0 aliphatic carbocycles. The molecule has 0 aliphatic rings. The van der Waals surface area contributed by atoms with Gasteiger partial charge in [-0.3, -0.25) is 14.4 Å². The molecule has 0 unspecified atom stereocenters. The van der Waals surface area contributed by atoms with Gasteiger partial charge in [-0.25, -0.2) is 0 Å². The minimum absolute atomic E-state index is 0.0266. The maximum absolute atomic E-state index is 12.0. The van der Waals surface area contributed by atoms with Gasteiger partial charge in [0.1, 0.15) is 5.75 Å². The summed E-state index contributed by atoms with van der Waals surface area (Å²) >= 11 is 0. The van der Waals surface area contributed by atoms with Crippen molar-refractivity contribution in [3.05, 3.63) is 59.7 Å². The molecule has 0 aliphatic heterocycles. The van der Waals surface area contributed by atoms with Crippen LogP contribution in [-0.2, 0) is 19.1 Å². The van der Waals surface area contributed by atoms with E-state index in [1.54, 1.807) is 12.1 Å². The van der Waals surface area contributed by atoms with Gasteiger partial charge in [0.15, 0.2) is 6.61 Å². The number of esters is 1. The molecule has 0 heterocycles. The number of nitrogens with zero attached hydrogens (tertiary/aromatic N) is 1. The molecular weight excluding hydrogens is 372 g/mol. The SMILES string of the molecule is Cc1ccc(NC(=O)CN(C)C(=O)COC(=O)CCOc2ccc(C)cc2)cc1. The van der Waals surface area contributed by atoms with Gasteiger partial charge in [-0.2, -0.15) is 0 Å². The van der Waals surface area contributed by atoms with Crippen LogP contribution in [0.15, 0.2) is 48.5 Å². The molecule has 154 valence electrons. The zero-order valence-corrected chi connectivity index (χ0v) is 16.9. The molecule has 2 aromatic carbocycles. The Labute approximate surface area is 170 Å². The van der Waals surface area contributed by atoms with Crippen molar-refractivity contribution in [2.45, 2.75) is 20.3 Å². The van der Waals surface area contributed by atoms with Crippen LogP contribution in [-0.4, -0.2) is 49.5 Å². The Bertz CT molecular complexity index is 831. The van der Waals surface area contributed by atoms with E-state index in [1.165, 1.54) is 11.9 Å².